The molecular weight excluding hydrogens is 174 g/mol. The molecule has 0 saturated heterocycles. The highest BCUT2D eigenvalue weighted by atomic mass is 15.0. The van der Waals surface area contributed by atoms with E-state index in [1.807, 2.05) is 12.5 Å². The maximum Gasteiger partial charge on any atom is 0.0948 e. The van der Waals surface area contributed by atoms with E-state index in [4.69, 9.17) is 0 Å². The first-order valence-electron chi connectivity index (χ1n) is 5.62. The molecule has 0 radical (unpaired) electrons. The first kappa shape index (κ1) is 9.71. The highest BCUT2D eigenvalue weighted by molar-refractivity contribution is 4.97. The lowest BCUT2D eigenvalue weighted by Gasteiger charge is -2.06. The van der Waals surface area contributed by atoms with Crippen molar-refractivity contribution in [1.29, 1.82) is 0 Å². The fraction of sp³-hybridized carbons (Fsp3) is 0.727. The number of aromatic nitrogens is 2. The first-order chi connectivity index (χ1) is 6.90. The Morgan fingerprint density at radius 3 is 3.14 bits per heavy atom. The van der Waals surface area contributed by atoms with Gasteiger partial charge in [-0.1, -0.05) is 6.92 Å². The summed E-state index contributed by atoms with van der Waals surface area (Å²) in [5.41, 5.74) is 1.34. The van der Waals surface area contributed by atoms with E-state index < -0.39 is 0 Å². The fourth-order valence-corrected chi connectivity index (χ4v) is 1.69. The standard InChI is InChI=1S/C11H19N3/c1-2-11-8-12-9-14(11)7-3-6-13-10-4-5-10/h8-10,13H,2-7H2,1H3. The van der Waals surface area contributed by atoms with Gasteiger partial charge in [0.05, 0.1) is 6.33 Å². The van der Waals surface area contributed by atoms with Gasteiger partial charge >= 0.3 is 0 Å². The molecule has 0 aliphatic heterocycles. The molecule has 0 amide bonds. The summed E-state index contributed by atoms with van der Waals surface area (Å²) >= 11 is 0. The maximum atomic E-state index is 4.16. The van der Waals surface area contributed by atoms with E-state index in [-0.39, 0.29) is 0 Å². The topological polar surface area (TPSA) is 29.9 Å². The zero-order chi connectivity index (χ0) is 9.80. The van der Waals surface area contributed by atoms with E-state index in [1.165, 1.54) is 25.0 Å². The Morgan fingerprint density at radius 1 is 1.57 bits per heavy atom. The number of hydrogen-bond donors (Lipinski definition) is 1. The van der Waals surface area contributed by atoms with Crippen LogP contribution < -0.4 is 5.32 Å². The summed E-state index contributed by atoms with van der Waals surface area (Å²) in [5.74, 6) is 0. The van der Waals surface area contributed by atoms with Crippen LogP contribution in [-0.2, 0) is 13.0 Å². The van der Waals surface area contributed by atoms with Gasteiger partial charge in [0.25, 0.3) is 0 Å². The Morgan fingerprint density at radius 2 is 2.43 bits per heavy atom. The smallest absolute Gasteiger partial charge is 0.0948 e. The number of nitrogens with one attached hydrogen (secondary N) is 1. The molecule has 3 nitrogen and oxygen atoms in total. The van der Waals surface area contributed by atoms with Crippen molar-refractivity contribution < 1.29 is 0 Å². The SMILES string of the molecule is CCc1cncn1CCCNC1CC1. The van der Waals surface area contributed by atoms with Crippen LogP contribution in [0, 0.1) is 0 Å². The molecule has 3 heteroatoms. The molecule has 0 unspecified atom stereocenters. The van der Waals surface area contributed by atoms with Gasteiger partial charge in [-0.25, -0.2) is 4.98 Å². The van der Waals surface area contributed by atoms with Gasteiger partial charge in [-0.05, 0) is 32.2 Å². The van der Waals surface area contributed by atoms with Crippen molar-refractivity contribution in [2.45, 2.75) is 45.2 Å². The molecule has 1 aliphatic rings. The minimum absolute atomic E-state index is 0.837. The zero-order valence-electron chi connectivity index (χ0n) is 8.87. The average Bonchev–Trinajstić information content (AvgIpc) is 2.91. The zero-order valence-corrected chi connectivity index (χ0v) is 8.87. The quantitative estimate of drug-likeness (QED) is 0.695. The highest BCUT2D eigenvalue weighted by Gasteiger charge is 2.19. The van der Waals surface area contributed by atoms with Gasteiger partial charge in [-0.2, -0.15) is 0 Å². The molecule has 2 rings (SSSR count). The van der Waals surface area contributed by atoms with Gasteiger partial charge in [0, 0.05) is 24.5 Å². The van der Waals surface area contributed by atoms with Crippen LogP contribution in [0.15, 0.2) is 12.5 Å². The molecule has 1 fully saturated rings. The number of aryl methyl sites for hydroxylation is 2. The van der Waals surface area contributed by atoms with Gasteiger partial charge < -0.3 is 9.88 Å². The van der Waals surface area contributed by atoms with Crippen molar-refractivity contribution in [3.05, 3.63) is 18.2 Å². The molecule has 1 aromatic heterocycles. The number of hydrogen-bond acceptors (Lipinski definition) is 2. The van der Waals surface area contributed by atoms with Crippen molar-refractivity contribution in [3.63, 3.8) is 0 Å². The normalized spacial score (nSPS) is 16.1. The van der Waals surface area contributed by atoms with Gasteiger partial charge in [0.1, 0.15) is 0 Å². The minimum Gasteiger partial charge on any atom is -0.335 e. The van der Waals surface area contributed by atoms with Gasteiger partial charge in [0.2, 0.25) is 0 Å². The van der Waals surface area contributed by atoms with Gasteiger partial charge in [-0.3, -0.25) is 0 Å². The first-order valence-corrected chi connectivity index (χ1v) is 5.62. The van der Waals surface area contributed by atoms with Crippen LogP contribution in [0.1, 0.15) is 31.9 Å². The van der Waals surface area contributed by atoms with Crippen LogP contribution in [-0.4, -0.2) is 22.1 Å². The van der Waals surface area contributed by atoms with Crippen LogP contribution in [0.4, 0.5) is 0 Å². The summed E-state index contributed by atoms with van der Waals surface area (Å²) in [6.45, 7) is 4.42. The van der Waals surface area contributed by atoms with E-state index in [2.05, 4.69) is 21.8 Å². The lowest BCUT2D eigenvalue weighted by molar-refractivity contribution is 0.568. The predicted octanol–water partition coefficient (Wildman–Crippen LogP) is 1.59. The van der Waals surface area contributed by atoms with Crippen LogP contribution in [0.5, 0.6) is 0 Å². The van der Waals surface area contributed by atoms with Crippen LogP contribution in [0.25, 0.3) is 0 Å². The molecule has 78 valence electrons. The average molecular weight is 193 g/mol. The number of imidazole rings is 1. The highest BCUT2D eigenvalue weighted by Crippen LogP contribution is 2.18. The third-order valence-corrected chi connectivity index (χ3v) is 2.75. The molecule has 0 bridgehead atoms. The van der Waals surface area contributed by atoms with Crippen LogP contribution >= 0.6 is 0 Å². The summed E-state index contributed by atoms with van der Waals surface area (Å²) in [7, 11) is 0. The molecule has 0 spiro atoms. The second kappa shape index (κ2) is 4.60. The maximum absolute atomic E-state index is 4.16. The molecule has 1 saturated carbocycles. The minimum atomic E-state index is 0.837. The number of rotatable bonds is 6. The lowest BCUT2D eigenvalue weighted by Crippen LogP contribution is -2.19. The lowest BCUT2D eigenvalue weighted by atomic mass is 10.3. The van der Waals surface area contributed by atoms with E-state index in [9.17, 15) is 0 Å². The van der Waals surface area contributed by atoms with Crippen molar-refractivity contribution in [2.24, 2.45) is 0 Å². The van der Waals surface area contributed by atoms with Crippen LogP contribution in [0.2, 0.25) is 0 Å². The fourth-order valence-electron chi connectivity index (χ4n) is 1.69. The van der Waals surface area contributed by atoms with Crippen LogP contribution in [0.3, 0.4) is 0 Å². The Balaban J connectivity index is 1.68. The second-order valence-corrected chi connectivity index (χ2v) is 4.01. The third kappa shape index (κ3) is 2.58. The molecule has 1 aromatic rings. The van der Waals surface area contributed by atoms with E-state index in [0.29, 0.717) is 0 Å². The molecule has 14 heavy (non-hydrogen) atoms. The van der Waals surface area contributed by atoms with Crippen molar-refractivity contribution in [3.8, 4) is 0 Å². The van der Waals surface area contributed by atoms with Crippen molar-refractivity contribution >= 4 is 0 Å². The summed E-state index contributed by atoms with van der Waals surface area (Å²) < 4.78 is 2.26. The summed E-state index contributed by atoms with van der Waals surface area (Å²) in [6.07, 6.45) is 8.96. The summed E-state index contributed by atoms with van der Waals surface area (Å²) in [4.78, 5) is 4.16. The molecule has 1 aliphatic carbocycles. The Bertz CT molecular complexity index is 276. The Labute approximate surface area is 85.5 Å². The third-order valence-electron chi connectivity index (χ3n) is 2.75. The number of nitrogens with zero attached hydrogens (tertiary/aromatic N) is 2. The largest absolute Gasteiger partial charge is 0.335 e. The van der Waals surface area contributed by atoms with E-state index in [0.717, 1.165) is 25.6 Å². The second-order valence-electron chi connectivity index (χ2n) is 4.01. The summed E-state index contributed by atoms with van der Waals surface area (Å²) in [6, 6.07) is 0.837. The monoisotopic (exact) mass is 193 g/mol. The molecule has 0 atom stereocenters. The molecule has 0 aromatic carbocycles. The van der Waals surface area contributed by atoms with Gasteiger partial charge in [0.15, 0.2) is 0 Å². The molecule has 1 heterocycles. The predicted molar refractivity (Wildman–Crippen MR) is 57.2 cm³/mol. The molecular formula is C11H19N3. The van der Waals surface area contributed by atoms with Crippen molar-refractivity contribution in [2.75, 3.05) is 6.54 Å². The molecule has 1 N–H and O–H groups in total. The van der Waals surface area contributed by atoms with Crippen molar-refractivity contribution in [1.82, 2.24) is 14.9 Å². The van der Waals surface area contributed by atoms with E-state index in [1.54, 1.807) is 0 Å². The Kier molecular flexibility index (Phi) is 3.19. The van der Waals surface area contributed by atoms with Gasteiger partial charge in [-0.15, -0.1) is 0 Å². The Hall–Kier alpha value is -0.830. The van der Waals surface area contributed by atoms with E-state index >= 15 is 0 Å². The summed E-state index contributed by atoms with van der Waals surface area (Å²) in [5, 5.41) is 3.52.